The largest absolute Gasteiger partial charge is 0.507 e. The van der Waals surface area contributed by atoms with Gasteiger partial charge in [-0.1, -0.05) is 59.7 Å². The third-order valence-corrected chi connectivity index (χ3v) is 5.11. The average molecular weight is 379 g/mol. The summed E-state index contributed by atoms with van der Waals surface area (Å²) in [7, 11) is 4.01. The van der Waals surface area contributed by atoms with Crippen LogP contribution in [0.2, 0.25) is 0 Å². The van der Waals surface area contributed by atoms with Crippen molar-refractivity contribution in [3.05, 3.63) is 76.4 Å². The SMILES string of the molecule is Cc1ccc(C(O)=C2C(=O)C(=O)N(CC[NH+](C)C)[C@H]2c2ccc(C)cc2)cc1. The van der Waals surface area contributed by atoms with Gasteiger partial charge in [-0.05, 0) is 19.4 Å². The zero-order valence-corrected chi connectivity index (χ0v) is 16.8. The van der Waals surface area contributed by atoms with E-state index >= 15 is 0 Å². The number of quaternary nitrogens is 1. The highest BCUT2D eigenvalue weighted by Gasteiger charge is 2.46. The minimum Gasteiger partial charge on any atom is -0.507 e. The van der Waals surface area contributed by atoms with Crippen LogP contribution in [-0.4, -0.2) is 48.9 Å². The van der Waals surface area contributed by atoms with E-state index in [9.17, 15) is 14.7 Å². The second-order valence-electron chi connectivity index (χ2n) is 7.73. The summed E-state index contributed by atoms with van der Waals surface area (Å²) >= 11 is 0. The predicted molar refractivity (Wildman–Crippen MR) is 109 cm³/mol. The van der Waals surface area contributed by atoms with Crippen molar-refractivity contribution in [2.75, 3.05) is 27.2 Å². The molecule has 2 aromatic rings. The highest BCUT2D eigenvalue weighted by Crippen LogP contribution is 2.39. The lowest BCUT2D eigenvalue weighted by atomic mass is 9.94. The van der Waals surface area contributed by atoms with Crippen LogP contribution in [0, 0.1) is 13.8 Å². The van der Waals surface area contributed by atoms with Crippen LogP contribution in [0.3, 0.4) is 0 Å². The molecule has 3 rings (SSSR count). The van der Waals surface area contributed by atoms with Gasteiger partial charge >= 0.3 is 0 Å². The third-order valence-electron chi connectivity index (χ3n) is 5.11. The Morgan fingerprint density at radius 2 is 1.50 bits per heavy atom. The molecule has 0 spiro atoms. The molecule has 2 aromatic carbocycles. The summed E-state index contributed by atoms with van der Waals surface area (Å²) in [6.45, 7) is 5.09. The number of nitrogens with one attached hydrogen (secondary N) is 1. The number of amides is 1. The van der Waals surface area contributed by atoms with Crippen molar-refractivity contribution in [2.45, 2.75) is 19.9 Å². The van der Waals surface area contributed by atoms with Gasteiger partial charge in [0.25, 0.3) is 11.7 Å². The summed E-state index contributed by atoms with van der Waals surface area (Å²) in [5.74, 6) is -1.30. The molecule has 146 valence electrons. The van der Waals surface area contributed by atoms with Crippen molar-refractivity contribution in [3.8, 4) is 0 Å². The molecular formula is C23H27N2O3+. The number of likely N-dealkylation sites (N-methyl/N-ethyl adjacent to an activating group) is 1. The summed E-state index contributed by atoms with van der Waals surface area (Å²) in [6, 6.07) is 14.5. The van der Waals surface area contributed by atoms with Gasteiger partial charge in [0.05, 0.1) is 38.8 Å². The number of Topliss-reactive ketones (excluding diaryl/α,β-unsaturated/α-hetero) is 1. The zero-order chi connectivity index (χ0) is 20.4. The quantitative estimate of drug-likeness (QED) is 0.474. The standard InChI is InChI=1S/C23H26N2O3/c1-15-5-9-17(10-6-15)20-19(21(26)18-11-7-16(2)8-12-18)22(27)23(28)25(20)14-13-24(3)4/h5-12,20,26H,13-14H2,1-4H3/p+1/t20-/m0/s1. The van der Waals surface area contributed by atoms with Gasteiger partial charge in [-0.2, -0.15) is 0 Å². The number of ketones is 1. The predicted octanol–water partition coefficient (Wildman–Crippen LogP) is 1.87. The van der Waals surface area contributed by atoms with Crippen LogP contribution < -0.4 is 4.90 Å². The van der Waals surface area contributed by atoms with Gasteiger partial charge in [0.15, 0.2) is 0 Å². The number of carbonyl (C=O) groups is 2. The second-order valence-corrected chi connectivity index (χ2v) is 7.73. The molecule has 1 aliphatic heterocycles. The van der Waals surface area contributed by atoms with Gasteiger partial charge in [-0.25, -0.2) is 0 Å². The van der Waals surface area contributed by atoms with Crippen LogP contribution in [0.4, 0.5) is 0 Å². The molecule has 1 fully saturated rings. The molecule has 1 saturated heterocycles. The second kappa shape index (κ2) is 7.98. The number of carbonyl (C=O) groups excluding carboxylic acids is 2. The zero-order valence-electron chi connectivity index (χ0n) is 16.8. The third kappa shape index (κ3) is 3.85. The Morgan fingerprint density at radius 3 is 2.04 bits per heavy atom. The van der Waals surface area contributed by atoms with Crippen LogP contribution in [0.5, 0.6) is 0 Å². The van der Waals surface area contributed by atoms with E-state index < -0.39 is 17.7 Å². The molecule has 5 heteroatoms. The molecule has 2 N–H and O–H groups in total. The molecule has 0 unspecified atom stereocenters. The first-order valence-electron chi connectivity index (χ1n) is 9.50. The summed E-state index contributed by atoms with van der Waals surface area (Å²) in [5, 5.41) is 11.0. The molecule has 0 saturated carbocycles. The average Bonchev–Trinajstić information content (AvgIpc) is 2.91. The van der Waals surface area contributed by atoms with E-state index in [2.05, 4.69) is 0 Å². The van der Waals surface area contributed by atoms with Crippen LogP contribution in [0.1, 0.15) is 28.3 Å². The van der Waals surface area contributed by atoms with Crippen molar-refractivity contribution in [3.63, 3.8) is 0 Å². The highest BCUT2D eigenvalue weighted by atomic mass is 16.3. The van der Waals surface area contributed by atoms with E-state index in [1.54, 1.807) is 17.0 Å². The van der Waals surface area contributed by atoms with E-state index in [0.717, 1.165) is 16.7 Å². The monoisotopic (exact) mass is 379 g/mol. The molecule has 1 amide bonds. The minimum absolute atomic E-state index is 0.122. The van der Waals surface area contributed by atoms with Gasteiger partial charge in [-0.15, -0.1) is 0 Å². The van der Waals surface area contributed by atoms with Crippen LogP contribution in [0.15, 0.2) is 54.1 Å². The first-order chi connectivity index (χ1) is 13.3. The summed E-state index contributed by atoms with van der Waals surface area (Å²) in [6.07, 6.45) is 0. The number of rotatable bonds is 5. The maximum Gasteiger partial charge on any atom is 0.295 e. The first kappa shape index (κ1) is 19.8. The van der Waals surface area contributed by atoms with Crippen molar-refractivity contribution in [2.24, 2.45) is 0 Å². The van der Waals surface area contributed by atoms with Gasteiger partial charge in [-0.3, -0.25) is 9.59 Å². The number of aryl methyl sites for hydroxylation is 2. The number of hydrogen-bond acceptors (Lipinski definition) is 3. The molecule has 5 nitrogen and oxygen atoms in total. The Hall–Kier alpha value is -2.92. The normalized spacial score (nSPS) is 18.9. The Labute approximate surface area is 165 Å². The van der Waals surface area contributed by atoms with Crippen molar-refractivity contribution in [1.29, 1.82) is 0 Å². The molecule has 0 aromatic heterocycles. The molecule has 1 aliphatic rings. The number of nitrogens with zero attached hydrogens (tertiary/aromatic N) is 1. The van der Waals surface area contributed by atoms with Crippen LogP contribution >= 0.6 is 0 Å². The van der Waals surface area contributed by atoms with Gasteiger partial charge < -0.3 is 14.9 Å². The Kier molecular flexibility index (Phi) is 5.66. The van der Waals surface area contributed by atoms with Crippen molar-refractivity contribution >= 4 is 17.4 Å². The topological polar surface area (TPSA) is 62.0 Å². The molecule has 0 aliphatic carbocycles. The van der Waals surface area contributed by atoms with Crippen LogP contribution in [0.25, 0.3) is 5.76 Å². The molecule has 1 atom stereocenters. The maximum absolute atomic E-state index is 12.9. The highest BCUT2D eigenvalue weighted by molar-refractivity contribution is 6.46. The van der Waals surface area contributed by atoms with Gasteiger partial charge in [0.1, 0.15) is 5.76 Å². The fourth-order valence-electron chi connectivity index (χ4n) is 3.42. The Morgan fingerprint density at radius 1 is 0.964 bits per heavy atom. The maximum atomic E-state index is 12.9. The molecule has 1 heterocycles. The lowest BCUT2D eigenvalue weighted by Gasteiger charge is -2.25. The molecule has 0 bridgehead atoms. The number of hydrogen-bond donors (Lipinski definition) is 2. The summed E-state index contributed by atoms with van der Waals surface area (Å²) in [4.78, 5) is 28.4. The molecule has 0 radical (unpaired) electrons. The molecular weight excluding hydrogens is 352 g/mol. The molecule has 28 heavy (non-hydrogen) atoms. The van der Waals surface area contributed by atoms with E-state index in [1.807, 2.05) is 64.3 Å². The van der Waals surface area contributed by atoms with Crippen LogP contribution in [-0.2, 0) is 9.59 Å². The fourth-order valence-corrected chi connectivity index (χ4v) is 3.42. The van der Waals surface area contributed by atoms with Gasteiger partial charge in [0, 0.05) is 5.56 Å². The van der Waals surface area contributed by atoms with E-state index in [0.29, 0.717) is 18.7 Å². The van der Waals surface area contributed by atoms with Crippen molar-refractivity contribution < 1.29 is 19.6 Å². The Bertz CT molecular complexity index is 912. The van der Waals surface area contributed by atoms with E-state index in [-0.39, 0.29) is 11.3 Å². The summed E-state index contributed by atoms with van der Waals surface area (Å²) < 4.78 is 0. The number of aliphatic hydroxyl groups is 1. The minimum atomic E-state index is -0.627. The number of aliphatic hydroxyl groups excluding tert-OH is 1. The smallest absolute Gasteiger partial charge is 0.295 e. The van der Waals surface area contributed by atoms with Crippen molar-refractivity contribution in [1.82, 2.24) is 4.90 Å². The first-order valence-corrected chi connectivity index (χ1v) is 9.50. The fraction of sp³-hybridized carbons (Fsp3) is 0.304. The lowest BCUT2D eigenvalue weighted by molar-refractivity contribution is -0.857. The Balaban J connectivity index is 2.13. The van der Waals surface area contributed by atoms with E-state index in [4.69, 9.17) is 0 Å². The van der Waals surface area contributed by atoms with Gasteiger partial charge in [0.2, 0.25) is 0 Å². The lowest BCUT2D eigenvalue weighted by Crippen LogP contribution is -3.06. The number of benzene rings is 2. The number of likely N-dealkylation sites (tertiary alicyclic amines) is 1. The van der Waals surface area contributed by atoms with E-state index in [1.165, 1.54) is 4.90 Å². The summed E-state index contributed by atoms with van der Waals surface area (Å²) in [5.41, 5.74) is 3.68.